The molecule has 1 amide bonds. The van der Waals surface area contributed by atoms with E-state index in [1.165, 1.54) is 17.2 Å². The van der Waals surface area contributed by atoms with Crippen LogP contribution in [0.4, 0.5) is 0 Å². The van der Waals surface area contributed by atoms with E-state index < -0.39 is 0 Å². The van der Waals surface area contributed by atoms with Gasteiger partial charge in [-0.2, -0.15) is 0 Å². The van der Waals surface area contributed by atoms with E-state index in [1.54, 1.807) is 0 Å². The summed E-state index contributed by atoms with van der Waals surface area (Å²) in [6.07, 6.45) is 7.77. The SMILES string of the molecule is CC(C)/C=C/CNC(=O)CCOCCOCCOC1(SS)CCC1. The molecule has 0 saturated heterocycles. The number of hydrogen-bond donors (Lipinski definition) is 2. The van der Waals surface area contributed by atoms with Crippen LogP contribution in [-0.2, 0) is 19.0 Å². The highest BCUT2D eigenvalue weighted by Gasteiger charge is 2.37. The van der Waals surface area contributed by atoms with Gasteiger partial charge in [-0.05, 0) is 25.2 Å². The summed E-state index contributed by atoms with van der Waals surface area (Å²) in [6.45, 7) is 7.35. The molecule has 5 nitrogen and oxygen atoms in total. The van der Waals surface area contributed by atoms with E-state index in [9.17, 15) is 4.79 Å². The minimum absolute atomic E-state index is 0.00720. The van der Waals surface area contributed by atoms with Gasteiger partial charge in [-0.3, -0.25) is 4.79 Å². The Balaban J connectivity index is 1.84. The topological polar surface area (TPSA) is 56.8 Å². The monoisotopic (exact) mass is 377 g/mol. The summed E-state index contributed by atoms with van der Waals surface area (Å²) < 4.78 is 16.6. The van der Waals surface area contributed by atoms with Gasteiger partial charge in [0.25, 0.3) is 0 Å². The van der Waals surface area contributed by atoms with Crippen molar-refractivity contribution in [3.63, 3.8) is 0 Å². The highest BCUT2D eigenvalue weighted by Crippen LogP contribution is 2.46. The molecule has 0 atom stereocenters. The largest absolute Gasteiger partial charge is 0.379 e. The molecular formula is C17H31NO4S2. The number of carbonyl (C=O) groups excluding carboxylic acids is 1. The molecule has 1 N–H and O–H groups in total. The molecule has 0 radical (unpaired) electrons. The molecular weight excluding hydrogens is 346 g/mol. The summed E-state index contributed by atoms with van der Waals surface area (Å²) in [5.41, 5.74) is 0. The zero-order valence-corrected chi connectivity index (χ0v) is 16.5. The number of ether oxygens (including phenoxy) is 3. The zero-order valence-electron chi connectivity index (χ0n) is 14.8. The molecule has 140 valence electrons. The average molecular weight is 378 g/mol. The second-order valence-corrected chi connectivity index (χ2v) is 7.63. The van der Waals surface area contributed by atoms with Gasteiger partial charge < -0.3 is 19.5 Å². The van der Waals surface area contributed by atoms with Crippen LogP contribution in [0.25, 0.3) is 0 Å². The van der Waals surface area contributed by atoms with Gasteiger partial charge in [-0.15, -0.1) is 11.7 Å². The molecule has 1 aliphatic carbocycles. The van der Waals surface area contributed by atoms with Crippen LogP contribution in [0.15, 0.2) is 12.2 Å². The highest BCUT2D eigenvalue weighted by molar-refractivity contribution is 8.69. The van der Waals surface area contributed by atoms with Crippen molar-refractivity contribution in [3.8, 4) is 0 Å². The summed E-state index contributed by atoms with van der Waals surface area (Å²) in [5, 5.41) is 2.83. The molecule has 0 unspecified atom stereocenters. The number of amides is 1. The summed E-state index contributed by atoms with van der Waals surface area (Å²) in [4.78, 5) is 11.5. The fourth-order valence-corrected chi connectivity index (χ4v) is 3.42. The Bertz CT molecular complexity index is 368. The third-order valence-corrected chi connectivity index (χ3v) is 5.52. The average Bonchev–Trinajstić information content (AvgIpc) is 2.52. The second kappa shape index (κ2) is 13.1. The van der Waals surface area contributed by atoms with Crippen molar-refractivity contribution in [3.05, 3.63) is 12.2 Å². The number of thiol groups is 1. The van der Waals surface area contributed by atoms with E-state index in [0.717, 1.165) is 12.8 Å². The first-order valence-corrected chi connectivity index (χ1v) is 10.5. The van der Waals surface area contributed by atoms with Gasteiger partial charge in [0.05, 0.1) is 33.0 Å². The van der Waals surface area contributed by atoms with Crippen molar-refractivity contribution in [2.24, 2.45) is 5.92 Å². The van der Waals surface area contributed by atoms with Gasteiger partial charge in [-0.1, -0.05) is 36.8 Å². The number of nitrogens with one attached hydrogen (secondary N) is 1. The number of carbonyl (C=O) groups is 1. The van der Waals surface area contributed by atoms with Gasteiger partial charge in [-0.25, -0.2) is 0 Å². The summed E-state index contributed by atoms with van der Waals surface area (Å²) >= 11 is 4.26. The predicted octanol–water partition coefficient (Wildman–Crippen LogP) is 3.21. The second-order valence-electron chi connectivity index (χ2n) is 6.15. The van der Waals surface area contributed by atoms with Crippen LogP contribution in [0.1, 0.15) is 39.5 Å². The van der Waals surface area contributed by atoms with Crippen LogP contribution in [0.5, 0.6) is 0 Å². The lowest BCUT2D eigenvalue weighted by Gasteiger charge is -2.39. The number of allylic oxidation sites excluding steroid dienone is 1. The Kier molecular flexibility index (Phi) is 11.9. The number of hydrogen-bond acceptors (Lipinski definition) is 6. The molecule has 1 rings (SSSR count). The van der Waals surface area contributed by atoms with E-state index in [2.05, 4.69) is 36.9 Å². The summed E-state index contributed by atoms with van der Waals surface area (Å²) in [6, 6.07) is 0. The van der Waals surface area contributed by atoms with Crippen molar-refractivity contribution in [1.29, 1.82) is 0 Å². The van der Waals surface area contributed by atoms with E-state index in [1.807, 2.05) is 6.08 Å². The molecule has 1 aliphatic rings. The van der Waals surface area contributed by atoms with Gasteiger partial charge in [0.2, 0.25) is 5.91 Å². The molecule has 0 aromatic heterocycles. The first-order chi connectivity index (χ1) is 11.6. The van der Waals surface area contributed by atoms with Crippen LogP contribution in [0.3, 0.4) is 0 Å². The van der Waals surface area contributed by atoms with Gasteiger partial charge in [0, 0.05) is 13.0 Å². The maximum Gasteiger partial charge on any atom is 0.222 e. The normalized spacial score (nSPS) is 16.5. The molecule has 0 spiro atoms. The van der Waals surface area contributed by atoms with Crippen LogP contribution >= 0.6 is 22.5 Å². The molecule has 0 aromatic carbocycles. The molecule has 0 aromatic rings. The third-order valence-electron chi connectivity index (χ3n) is 3.66. The minimum atomic E-state index is -0.0826. The van der Waals surface area contributed by atoms with Crippen LogP contribution < -0.4 is 5.32 Å². The summed E-state index contributed by atoms with van der Waals surface area (Å²) in [7, 11) is 1.49. The Labute approximate surface area is 155 Å². The Morgan fingerprint density at radius 2 is 1.88 bits per heavy atom. The van der Waals surface area contributed by atoms with Gasteiger partial charge >= 0.3 is 0 Å². The Hall–Kier alpha value is -0.210. The molecule has 1 fully saturated rings. The molecule has 0 aliphatic heterocycles. The van der Waals surface area contributed by atoms with E-state index in [-0.39, 0.29) is 10.8 Å². The van der Waals surface area contributed by atoms with Crippen molar-refractivity contribution < 1.29 is 19.0 Å². The van der Waals surface area contributed by atoms with Gasteiger partial charge in [0.1, 0.15) is 4.93 Å². The molecule has 7 heteroatoms. The zero-order chi connectivity index (χ0) is 17.7. The predicted molar refractivity (Wildman–Crippen MR) is 102 cm³/mol. The maximum absolute atomic E-state index is 11.5. The Morgan fingerprint density at radius 1 is 1.21 bits per heavy atom. The van der Waals surface area contributed by atoms with E-state index >= 15 is 0 Å². The first-order valence-electron chi connectivity index (χ1n) is 8.63. The van der Waals surface area contributed by atoms with Crippen molar-refractivity contribution >= 4 is 28.4 Å². The standard InChI is InChI=1S/C17H31NO4S2/c1-15(2)5-3-9-18-16(19)6-10-20-11-12-21-13-14-22-17(24-23)7-4-8-17/h3,5,15,23H,4,6-14H2,1-2H3,(H,18,19)/b5-3+. The minimum Gasteiger partial charge on any atom is -0.379 e. The van der Waals surface area contributed by atoms with E-state index in [0.29, 0.717) is 51.9 Å². The fraction of sp³-hybridized carbons (Fsp3) is 0.824. The van der Waals surface area contributed by atoms with E-state index in [4.69, 9.17) is 14.2 Å². The molecule has 0 heterocycles. The van der Waals surface area contributed by atoms with Crippen molar-refractivity contribution in [1.82, 2.24) is 5.32 Å². The number of rotatable bonds is 14. The summed E-state index contributed by atoms with van der Waals surface area (Å²) in [5.74, 6) is 0.513. The van der Waals surface area contributed by atoms with Crippen LogP contribution in [-0.4, -0.2) is 50.4 Å². The molecule has 1 saturated carbocycles. The van der Waals surface area contributed by atoms with Crippen LogP contribution in [0, 0.1) is 5.92 Å². The quantitative estimate of drug-likeness (QED) is 0.160. The first kappa shape index (κ1) is 21.8. The fourth-order valence-electron chi connectivity index (χ4n) is 2.10. The van der Waals surface area contributed by atoms with Crippen molar-refractivity contribution in [2.75, 3.05) is 39.6 Å². The smallest absolute Gasteiger partial charge is 0.222 e. The lowest BCUT2D eigenvalue weighted by molar-refractivity contribution is -0.122. The lowest BCUT2D eigenvalue weighted by atomic mass is 9.95. The molecule has 0 bridgehead atoms. The van der Waals surface area contributed by atoms with Crippen molar-refractivity contribution in [2.45, 2.75) is 44.5 Å². The third kappa shape index (κ3) is 9.93. The molecule has 24 heavy (non-hydrogen) atoms. The highest BCUT2D eigenvalue weighted by atomic mass is 33.1. The van der Waals surface area contributed by atoms with Gasteiger partial charge in [0.15, 0.2) is 0 Å². The maximum atomic E-state index is 11.5. The lowest BCUT2D eigenvalue weighted by Crippen LogP contribution is -2.36. The Morgan fingerprint density at radius 3 is 2.46 bits per heavy atom. The van der Waals surface area contributed by atoms with Crippen LogP contribution in [0.2, 0.25) is 0 Å².